The van der Waals surface area contributed by atoms with E-state index in [2.05, 4.69) is 11.9 Å². The van der Waals surface area contributed by atoms with Crippen LogP contribution in [0.25, 0.3) is 0 Å². The number of hydrogen-bond acceptors (Lipinski definition) is 3. The van der Waals surface area contributed by atoms with E-state index in [1.807, 2.05) is 0 Å². The first-order valence-corrected chi connectivity index (χ1v) is 8.02. The molecule has 1 unspecified atom stereocenters. The van der Waals surface area contributed by atoms with Gasteiger partial charge in [0.15, 0.2) is 5.01 Å². The zero-order valence-corrected chi connectivity index (χ0v) is 12.4. The minimum atomic E-state index is -4.36. The Morgan fingerprint density at radius 2 is 2.00 bits per heavy atom. The molecule has 1 saturated carbocycles. The summed E-state index contributed by atoms with van der Waals surface area (Å²) in [6.07, 6.45) is 3.73. The second kappa shape index (κ2) is 6.43. The smallest absolute Gasteiger partial charge is 0.323 e. The summed E-state index contributed by atoms with van der Waals surface area (Å²) in [5.41, 5.74) is 6.15. The molecule has 2 nitrogen and oxygen atoms in total. The minimum absolute atomic E-state index is 0.296. The van der Waals surface area contributed by atoms with Gasteiger partial charge in [-0.1, -0.05) is 32.6 Å². The quantitative estimate of drug-likeness (QED) is 0.870. The Kier molecular flexibility index (Phi) is 5.07. The maximum Gasteiger partial charge on any atom is 0.443 e. The Morgan fingerprint density at radius 3 is 2.50 bits per heavy atom. The van der Waals surface area contributed by atoms with Crippen molar-refractivity contribution in [2.75, 3.05) is 0 Å². The van der Waals surface area contributed by atoms with Gasteiger partial charge in [-0.3, -0.25) is 0 Å². The van der Waals surface area contributed by atoms with Crippen molar-refractivity contribution in [2.45, 2.75) is 57.7 Å². The number of alkyl halides is 3. The molecule has 0 aliphatic heterocycles. The fourth-order valence-corrected chi connectivity index (χ4v) is 3.93. The number of hydrogen-bond donors (Lipinski definition) is 1. The van der Waals surface area contributed by atoms with Crippen LogP contribution in [0.1, 0.15) is 61.4 Å². The first-order valence-electron chi connectivity index (χ1n) is 7.20. The molecule has 0 spiro atoms. The monoisotopic (exact) mass is 306 g/mol. The molecule has 20 heavy (non-hydrogen) atoms. The molecule has 0 aromatic carbocycles. The molecular formula is C14H21F3N2S. The van der Waals surface area contributed by atoms with E-state index in [0.29, 0.717) is 22.1 Å². The average molecular weight is 306 g/mol. The van der Waals surface area contributed by atoms with Gasteiger partial charge in [0, 0.05) is 17.1 Å². The van der Waals surface area contributed by atoms with E-state index in [1.54, 1.807) is 0 Å². The molecule has 1 aliphatic rings. The van der Waals surface area contributed by atoms with Crippen molar-refractivity contribution in [3.05, 3.63) is 16.1 Å². The van der Waals surface area contributed by atoms with Gasteiger partial charge in [0.05, 0.1) is 0 Å². The number of halogens is 3. The third-order valence-electron chi connectivity index (χ3n) is 4.19. The summed E-state index contributed by atoms with van der Waals surface area (Å²) in [5.74, 6) is 1.07. The molecule has 114 valence electrons. The summed E-state index contributed by atoms with van der Waals surface area (Å²) in [6, 6.07) is -0.300. The topological polar surface area (TPSA) is 38.9 Å². The second-order valence-corrected chi connectivity index (χ2v) is 6.72. The van der Waals surface area contributed by atoms with E-state index in [0.717, 1.165) is 31.6 Å². The van der Waals surface area contributed by atoms with E-state index < -0.39 is 11.2 Å². The molecule has 1 heterocycles. The highest BCUT2D eigenvalue weighted by molar-refractivity contribution is 7.11. The molecule has 0 saturated heterocycles. The summed E-state index contributed by atoms with van der Waals surface area (Å²) in [7, 11) is 0. The Hall–Kier alpha value is -0.620. The van der Waals surface area contributed by atoms with Gasteiger partial charge in [-0.15, -0.1) is 11.3 Å². The lowest BCUT2D eigenvalue weighted by atomic mass is 9.77. The van der Waals surface area contributed by atoms with Crippen molar-refractivity contribution >= 4 is 11.3 Å². The number of aromatic nitrogens is 1. The van der Waals surface area contributed by atoms with Crippen LogP contribution in [-0.2, 0) is 6.18 Å². The summed E-state index contributed by atoms with van der Waals surface area (Å²) in [5, 5.41) is -0.789. The Bertz CT molecular complexity index is 422. The van der Waals surface area contributed by atoms with Gasteiger partial charge < -0.3 is 5.73 Å². The van der Waals surface area contributed by atoms with E-state index in [4.69, 9.17) is 5.73 Å². The molecule has 2 N–H and O–H groups in total. The fraction of sp³-hybridized carbons (Fsp3) is 0.786. The van der Waals surface area contributed by atoms with E-state index in [1.165, 1.54) is 19.0 Å². The Balaban J connectivity index is 1.95. The van der Waals surface area contributed by atoms with Crippen molar-refractivity contribution in [3.8, 4) is 0 Å². The van der Waals surface area contributed by atoms with Crippen molar-refractivity contribution in [3.63, 3.8) is 0 Å². The molecule has 1 fully saturated rings. The molecule has 0 amide bonds. The predicted molar refractivity (Wildman–Crippen MR) is 74.4 cm³/mol. The Morgan fingerprint density at radius 1 is 1.35 bits per heavy atom. The van der Waals surface area contributed by atoms with Gasteiger partial charge in [0.2, 0.25) is 0 Å². The number of nitrogens with two attached hydrogens (primary N) is 1. The molecule has 0 radical (unpaired) electrons. The van der Waals surface area contributed by atoms with Crippen LogP contribution in [0.5, 0.6) is 0 Å². The highest BCUT2D eigenvalue weighted by atomic mass is 32.1. The molecule has 2 rings (SSSR count). The van der Waals surface area contributed by atoms with Gasteiger partial charge in [-0.05, 0) is 24.7 Å². The van der Waals surface area contributed by atoms with E-state index >= 15 is 0 Å². The summed E-state index contributed by atoms with van der Waals surface area (Å²) < 4.78 is 37.6. The molecule has 6 heteroatoms. The van der Waals surface area contributed by atoms with Crippen LogP contribution >= 0.6 is 11.3 Å². The Labute approximate surface area is 121 Å². The zero-order valence-electron chi connectivity index (χ0n) is 11.6. The normalized spacial score (nSPS) is 25.6. The first-order chi connectivity index (χ1) is 9.41. The standard InChI is InChI=1S/C14H21F3N2S/c1-2-3-9-4-6-10(7-5-9)12(18)11-8-19-13(20-11)14(15,16)17/h8-10,12H,2-7,18H2,1H3. The van der Waals surface area contributed by atoms with Crippen LogP contribution in [0.2, 0.25) is 0 Å². The molecule has 1 aliphatic carbocycles. The largest absolute Gasteiger partial charge is 0.443 e. The van der Waals surface area contributed by atoms with Gasteiger partial charge >= 0.3 is 6.18 Å². The van der Waals surface area contributed by atoms with Crippen molar-refractivity contribution < 1.29 is 13.2 Å². The van der Waals surface area contributed by atoms with Gasteiger partial charge in [-0.25, -0.2) is 4.98 Å². The van der Waals surface area contributed by atoms with Crippen molar-refractivity contribution in [1.82, 2.24) is 4.98 Å². The van der Waals surface area contributed by atoms with E-state index in [9.17, 15) is 13.2 Å². The zero-order chi connectivity index (χ0) is 14.8. The van der Waals surface area contributed by atoms with Gasteiger partial charge in [0.25, 0.3) is 0 Å². The van der Waals surface area contributed by atoms with Crippen LogP contribution in [0.4, 0.5) is 13.2 Å². The first kappa shape index (κ1) is 15.8. The van der Waals surface area contributed by atoms with Crippen LogP contribution < -0.4 is 5.73 Å². The molecule has 0 bridgehead atoms. The highest BCUT2D eigenvalue weighted by Gasteiger charge is 2.36. The highest BCUT2D eigenvalue weighted by Crippen LogP contribution is 2.40. The molecule has 1 atom stereocenters. The lowest BCUT2D eigenvalue weighted by Gasteiger charge is -2.31. The number of rotatable bonds is 4. The van der Waals surface area contributed by atoms with E-state index in [-0.39, 0.29) is 6.04 Å². The number of thiazole rings is 1. The van der Waals surface area contributed by atoms with Crippen LogP contribution in [0.3, 0.4) is 0 Å². The second-order valence-electron chi connectivity index (χ2n) is 5.66. The lowest BCUT2D eigenvalue weighted by molar-refractivity contribution is -0.137. The number of nitrogens with zero attached hydrogens (tertiary/aromatic N) is 1. The van der Waals surface area contributed by atoms with Crippen LogP contribution in [0, 0.1) is 11.8 Å². The summed E-state index contributed by atoms with van der Waals surface area (Å²) in [4.78, 5) is 4.03. The minimum Gasteiger partial charge on any atom is -0.323 e. The fourth-order valence-electron chi connectivity index (χ4n) is 3.05. The van der Waals surface area contributed by atoms with Crippen molar-refractivity contribution in [1.29, 1.82) is 0 Å². The van der Waals surface area contributed by atoms with Crippen molar-refractivity contribution in [2.24, 2.45) is 17.6 Å². The maximum absolute atomic E-state index is 12.5. The average Bonchev–Trinajstić information content (AvgIpc) is 2.89. The van der Waals surface area contributed by atoms with Gasteiger partial charge in [-0.2, -0.15) is 13.2 Å². The third-order valence-corrected chi connectivity index (χ3v) is 5.33. The molecular weight excluding hydrogens is 285 g/mol. The van der Waals surface area contributed by atoms with Crippen LogP contribution in [-0.4, -0.2) is 4.98 Å². The molecule has 1 aromatic rings. The van der Waals surface area contributed by atoms with Gasteiger partial charge in [0.1, 0.15) is 0 Å². The summed E-state index contributed by atoms with van der Waals surface area (Å²) in [6.45, 7) is 2.19. The maximum atomic E-state index is 12.5. The third kappa shape index (κ3) is 3.73. The summed E-state index contributed by atoms with van der Waals surface area (Å²) >= 11 is 0.692. The molecule has 1 aromatic heterocycles. The van der Waals surface area contributed by atoms with Crippen LogP contribution in [0.15, 0.2) is 6.20 Å². The lowest BCUT2D eigenvalue weighted by Crippen LogP contribution is -2.25. The predicted octanol–water partition coefficient (Wildman–Crippen LogP) is 4.77. The SMILES string of the molecule is CCCC1CCC(C(N)c2cnc(C(F)(F)F)s2)CC1.